The van der Waals surface area contributed by atoms with Crippen LogP contribution in [-0.2, 0) is 0 Å². The molecule has 2 amide bonds. The number of nitrogens with one attached hydrogen (secondary N) is 3. The lowest BCUT2D eigenvalue weighted by Gasteiger charge is -2.21. The van der Waals surface area contributed by atoms with E-state index < -0.39 is 0 Å². The predicted molar refractivity (Wildman–Crippen MR) is 112 cm³/mol. The van der Waals surface area contributed by atoms with Crippen molar-refractivity contribution in [3.8, 4) is 0 Å². The standard InChI is InChI=1S/C22H21N3O2S/c26-21(13-4-2-1-3-5-13)25-20-11-14-6-7-15(10-19(14)28-20)22(27)24-18-12-16-8-9-17(18)23-16/h1-7,10-11,16-18,23H,8-9,12H2,(H,24,27)(H,25,26)/t16-,17+,18-/m1/s1. The number of fused-ring (bicyclic) bond motifs is 3. The van der Waals surface area contributed by atoms with E-state index in [1.165, 1.54) is 17.8 Å². The van der Waals surface area contributed by atoms with Gasteiger partial charge in [0.15, 0.2) is 0 Å². The lowest BCUT2D eigenvalue weighted by molar-refractivity contribution is 0.0930. The van der Waals surface area contributed by atoms with E-state index in [0.717, 1.165) is 27.9 Å². The molecule has 28 heavy (non-hydrogen) atoms. The van der Waals surface area contributed by atoms with Crippen LogP contribution < -0.4 is 16.0 Å². The third kappa shape index (κ3) is 3.30. The summed E-state index contributed by atoms with van der Waals surface area (Å²) < 4.78 is 0.988. The molecule has 2 aliphatic rings. The third-order valence-electron chi connectivity index (χ3n) is 5.67. The molecule has 0 radical (unpaired) electrons. The van der Waals surface area contributed by atoms with Crippen LogP contribution in [0.25, 0.3) is 10.1 Å². The van der Waals surface area contributed by atoms with Gasteiger partial charge in [0.05, 0.1) is 5.00 Å². The molecule has 2 aromatic carbocycles. The second kappa shape index (κ2) is 7.04. The summed E-state index contributed by atoms with van der Waals surface area (Å²) in [5, 5.41) is 11.5. The molecule has 0 saturated carbocycles. The zero-order chi connectivity index (χ0) is 19.1. The first kappa shape index (κ1) is 17.4. The van der Waals surface area contributed by atoms with Crippen LogP contribution in [0.5, 0.6) is 0 Å². The Kier molecular flexibility index (Phi) is 4.37. The molecule has 1 aromatic heterocycles. The van der Waals surface area contributed by atoms with Gasteiger partial charge < -0.3 is 16.0 Å². The van der Waals surface area contributed by atoms with Gasteiger partial charge in [0.25, 0.3) is 11.8 Å². The Morgan fingerprint density at radius 2 is 1.82 bits per heavy atom. The van der Waals surface area contributed by atoms with E-state index in [0.29, 0.717) is 23.2 Å². The van der Waals surface area contributed by atoms with Crippen molar-refractivity contribution in [1.29, 1.82) is 0 Å². The molecular weight excluding hydrogens is 370 g/mol. The van der Waals surface area contributed by atoms with E-state index >= 15 is 0 Å². The quantitative estimate of drug-likeness (QED) is 0.634. The average molecular weight is 391 g/mol. The minimum atomic E-state index is -0.131. The zero-order valence-electron chi connectivity index (χ0n) is 15.3. The van der Waals surface area contributed by atoms with Gasteiger partial charge in [-0.15, -0.1) is 11.3 Å². The van der Waals surface area contributed by atoms with E-state index in [-0.39, 0.29) is 17.9 Å². The summed E-state index contributed by atoms with van der Waals surface area (Å²) in [6.07, 6.45) is 3.38. The summed E-state index contributed by atoms with van der Waals surface area (Å²) in [7, 11) is 0. The smallest absolute Gasteiger partial charge is 0.256 e. The maximum atomic E-state index is 12.7. The molecule has 5 rings (SSSR count). The lowest BCUT2D eigenvalue weighted by Crippen LogP contribution is -2.42. The SMILES string of the molecule is O=C(Nc1cc2ccc(C(=O)N[C@@H]3C[C@H]4CC[C@@H]3N4)cc2s1)c1ccccc1. The van der Waals surface area contributed by atoms with Crippen molar-refractivity contribution in [3.63, 3.8) is 0 Å². The van der Waals surface area contributed by atoms with Crippen LogP contribution in [0.1, 0.15) is 40.0 Å². The summed E-state index contributed by atoms with van der Waals surface area (Å²) in [5.74, 6) is -0.154. The highest BCUT2D eigenvalue weighted by Crippen LogP contribution is 2.32. The Morgan fingerprint density at radius 1 is 0.964 bits per heavy atom. The Balaban J connectivity index is 1.31. The summed E-state index contributed by atoms with van der Waals surface area (Å²) in [5.41, 5.74) is 1.29. The number of carbonyl (C=O) groups excluding carboxylic acids is 2. The largest absolute Gasteiger partial charge is 0.348 e. The molecule has 2 fully saturated rings. The molecule has 2 bridgehead atoms. The molecule has 0 spiro atoms. The van der Waals surface area contributed by atoms with Gasteiger partial charge in [0.1, 0.15) is 0 Å². The zero-order valence-corrected chi connectivity index (χ0v) is 16.1. The number of hydrogen-bond donors (Lipinski definition) is 3. The fraction of sp³-hybridized carbons (Fsp3) is 0.273. The molecule has 0 aliphatic carbocycles. The van der Waals surface area contributed by atoms with E-state index in [2.05, 4.69) is 16.0 Å². The summed E-state index contributed by atoms with van der Waals surface area (Å²) >= 11 is 1.48. The highest BCUT2D eigenvalue weighted by atomic mass is 32.1. The lowest BCUT2D eigenvalue weighted by atomic mass is 9.95. The predicted octanol–water partition coefficient (Wildman–Crippen LogP) is 3.78. The first-order chi connectivity index (χ1) is 13.7. The number of thiophene rings is 1. The van der Waals surface area contributed by atoms with Crippen molar-refractivity contribution in [1.82, 2.24) is 10.6 Å². The third-order valence-corrected chi connectivity index (χ3v) is 6.68. The van der Waals surface area contributed by atoms with Crippen LogP contribution in [0.2, 0.25) is 0 Å². The molecule has 2 aliphatic heterocycles. The molecule has 2 saturated heterocycles. The molecule has 142 valence electrons. The van der Waals surface area contributed by atoms with Crippen molar-refractivity contribution in [3.05, 3.63) is 65.7 Å². The normalized spacial score (nSPS) is 23.1. The number of benzene rings is 2. The Bertz CT molecular complexity index is 1050. The monoisotopic (exact) mass is 391 g/mol. The Hall–Kier alpha value is -2.70. The minimum Gasteiger partial charge on any atom is -0.348 e. The van der Waals surface area contributed by atoms with Crippen LogP contribution in [0.3, 0.4) is 0 Å². The van der Waals surface area contributed by atoms with E-state index in [1.807, 2.05) is 42.5 Å². The first-order valence-corrected chi connectivity index (χ1v) is 10.4. The van der Waals surface area contributed by atoms with Crippen LogP contribution >= 0.6 is 11.3 Å². The van der Waals surface area contributed by atoms with Gasteiger partial charge in [0, 0.05) is 34.0 Å². The Labute approximate surface area is 167 Å². The van der Waals surface area contributed by atoms with Gasteiger partial charge in [-0.05, 0) is 55.0 Å². The molecule has 5 nitrogen and oxygen atoms in total. The molecular formula is C22H21N3O2S. The van der Waals surface area contributed by atoms with Gasteiger partial charge in [-0.1, -0.05) is 24.3 Å². The Morgan fingerprint density at radius 3 is 2.57 bits per heavy atom. The highest BCUT2D eigenvalue weighted by molar-refractivity contribution is 7.23. The molecule has 3 heterocycles. The topological polar surface area (TPSA) is 70.2 Å². The number of amides is 2. The van der Waals surface area contributed by atoms with Gasteiger partial charge >= 0.3 is 0 Å². The van der Waals surface area contributed by atoms with Gasteiger partial charge in [-0.25, -0.2) is 0 Å². The second-order valence-electron chi connectivity index (χ2n) is 7.55. The van der Waals surface area contributed by atoms with Crippen molar-refractivity contribution in [2.24, 2.45) is 0 Å². The molecule has 3 aromatic rings. The average Bonchev–Trinajstić information content (AvgIpc) is 3.43. The molecule has 3 N–H and O–H groups in total. The molecule has 3 atom stereocenters. The van der Waals surface area contributed by atoms with Crippen LogP contribution in [0.15, 0.2) is 54.6 Å². The van der Waals surface area contributed by atoms with E-state index in [9.17, 15) is 9.59 Å². The van der Waals surface area contributed by atoms with Crippen molar-refractivity contribution in [2.45, 2.75) is 37.4 Å². The van der Waals surface area contributed by atoms with Crippen LogP contribution in [0.4, 0.5) is 5.00 Å². The molecule has 6 heteroatoms. The van der Waals surface area contributed by atoms with Crippen molar-refractivity contribution >= 4 is 38.2 Å². The van der Waals surface area contributed by atoms with Gasteiger partial charge in [-0.2, -0.15) is 0 Å². The second-order valence-corrected chi connectivity index (χ2v) is 8.63. The summed E-state index contributed by atoms with van der Waals surface area (Å²) in [4.78, 5) is 25.0. The number of anilines is 1. The van der Waals surface area contributed by atoms with Gasteiger partial charge in [0.2, 0.25) is 0 Å². The first-order valence-electron chi connectivity index (χ1n) is 9.62. The van der Waals surface area contributed by atoms with Crippen LogP contribution in [-0.4, -0.2) is 29.9 Å². The molecule has 0 unspecified atom stereocenters. The number of carbonyl (C=O) groups is 2. The maximum absolute atomic E-state index is 12.7. The number of hydrogen-bond acceptors (Lipinski definition) is 4. The summed E-state index contributed by atoms with van der Waals surface area (Å²) in [6.45, 7) is 0. The van der Waals surface area contributed by atoms with Gasteiger partial charge in [-0.3, -0.25) is 9.59 Å². The minimum absolute atomic E-state index is 0.0236. The fourth-order valence-electron chi connectivity index (χ4n) is 4.24. The highest BCUT2D eigenvalue weighted by Gasteiger charge is 2.39. The summed E-state index contributed by atoms with van der Waals surface area (Å²) in [6, 6.07) is 18.0. The van der Waals surface area contributed by atoms with Crippen molar-refractivity contribution < 1.29 is 9.59 Å². The fourth-order valence-corrected chi connectivity index (χ4v) is 5.24. The van der Waals surface area contributed by atoms with E-state index in [1.54, 1.807) is 12.1 Å². The number of rotatable bonds is 4. The maximum Gasteiger partial charge on any atom is 0.256 e. The van der Waals surface area contributed by atoms with Crippen molar-refractivity contribution in [2.75, 3.05) is 5.32 Å². The van der Waals surface area contributed by atoms with Crippen LogP contribution in [0, 0.1) is 0 Å². The van der Waals surface area contributed by atoms with E-state index in [4.69, 9.17) is 0 Å².